The van der Waals surface area contributed by atoms with Crippen LogP contribution < -0.4 is 26.7 Å². The summed E-state index contributed by atoms with van der Waals surface area (Å²) in [7, 11) is 1.34. The topological polar surface area (TPSA) is 313 Å². The molecule has 2 unspecified atom stereocenters. The van der Waals surface area contributed by atoms with Crippen LogP contribution in [-0.4, -0.2) is 147 Å². The number of hydrogen-bond donors (Lipinski definition) is 6. The van der Waals surface area contributed by atoms with Crippen molar-refractivity contribution in [2.24, 2.45) is 40.2 Å². The number of ketones is 4. The van der Waals surface area contributed by atoms with Crippen LogP contribution in [0.2, 0.25) is 0 Å². The zero-order chi connectivity index (χ0) is 57.4. The fourth-order valence-electron chi connectivity index (χ4n) is 11.8. The Morgan fingerprint density at radius 3 is 2.22 bits per heavy atom. The fourth-order valence-corrected chi connectivity index (χ4v) is 11.8. The molecular weight excluding hydrogens is 1030 g/mol. The van der Waals surface area contributed by atoms with Crippen molar-refractivity contribution in [3.8, 4) is 11.5 Å². The fraction of sp³-hybridized carbons (Fsp3) is 0.474. The SMILES string of the molecule is CO[C@H]1C=CO[C@@]2(C)Oc3c(C)c(O)c4c(c3C2=O)C(=O)C(/C=N/N2CC3CN(c5c(F)cn6c(=O)c(C(=O)O)cc(C7CC7)c6c5C)CC3C2)=C(CC(=O)/C(C)=C\C=C\[C@H](C)[C@H](O)[C@@H](N)[C@@H](O)[C@@H](N)[C@H](OC(C)=O)[C@@H]1C)C4=O. The molecule has 11 atom stereocenters. The van der Waals surface area contributed by atoms with Gasteiger partial charge in [0.15, 0.2) is 23.2 Å². The van der Waals surface area contributed by atoms with E-state index in [1.807, 2.05) is 4.90 Å². The number of carbonyl (C=O) groups is 6. The Kier molecular flexibility index (Phi) is 15.2. The number of esters is 1. The standard InChI is InChI=1S/C57H65FN6O15/c1-24-10-9-11-25(2)47(67)43(59)51(71)44(60)53(78-29(6)65)26(3)39(76-8)14-15-77-57(7)54(72)42-40-41(48(68)28(5)52(42)79-57)49(69)34(17-38(24)66)36(50(40)70)18-61-63-21-31-19-62(20-32(31)22-63)46-27(4)45-33(30-12-13-30)16-35(56(74)75)55(73)64(45)23-37(46)58/h9-11,14-16,18,23,25-26,30-32,39,43-44,47,51,53,67-68,71H,12-13,17,19-22,59-60H2,1-8H3,(H,74,75)/b11-9+,15-14?,24-10-,61-18+/t25-,26+,31?,32?,39-,43+,44+,47-,51+,53+,57-/m0/s1. The summed E-state index contributed by atoms with van der Waals surface area (Å²) in [5.74, 6) is -10.9. The molecule has 7 heterocycles. The van der Waals surface area contributed by atoms with Crippen molar-refractivity contribution < 1.29 is 72.5 Å². The maximum absolute atomic E-state index is 16.2. The van der Waals surface area contributed by atoms with Gasteiger partial charge in [-0.15, -0.1) is 0 Å². The zero-order valence-electron chi connectivity index (χ0n) is 45.0. The number of benzene rings is 1. The van der Waals surface area contributed by atoms with Gasteiger partial charge in [0, 0.05) is 88.4 Å². The number of phenolic OH excluding ortho intramolecular Hbond substituents is 1. The summed E-state index contributed by atoms with van der Waals surface area (Å²) in [5, 5.41) is 50.6. The molecule has 2 saturated heterocycles. The molecule has 7 aliphatic rings. The van der Waals surface area contributed by atoms with Gasteiger partial charge in [-0.2, -0.15) is 5.10 Å². The van der Waals surface area contributed by atoms with Gasteiger partial charge in [0.25, 0.3) is 11.3 Å². The number of hydrazone groups is 1. The molecule has 1 aromatic carbocycles. The van der Waals surface area contributed by atoms with E-state index in [2.05, 4.69) is 5.10 Å². The molecule has 0 radical (unpaired) electrons. The second kappa shape index (κ2) is 21.4. The highest BCUT2D eigenvalue weighted by Crippen LogP contribution is 2.50. The van der Waals surface area contributed by atoms with Crippen LogP contribution in [0.15, 0.2) is 69.4 Å². The number of aromatic hydroxyl groups is 1. The van der Waals surface area contributed by atoms with E-state index >= 15 is 9.18 Å². The predicted molar refractivity (Wildman–Crippen MR) is 284 cm³/mol. The number of Topliss-reactive ketones (excluding diaryl/α,β-unsaturated/α-hetero) is 4. The van der Waals surface area contributed by atoms with Gasteiger partial charge in [-0.3, -0.25) is 38.2 Å². The highest BCUT2D eigenvalue weighted by Gasteiger charge is 2.53. The number of hydrogen-bond acceptors (Lipinski definition) is 19. The molecule has 3 fully saturated rings. The van der Waals surface area contributed by atoms with Gasteiger partial charge in [0.05, 0.1) is 82.5 Å². The number of pyridine rings is 2. The summed E-state index contributed by atoms with van der Waals surface area (Å²) >= 11 is 0. The number of rotatable bonds is 7. The number of allylic oxidation sites excluding steroid dienone is 5. The van der Waals surface area contributed by atoms with Crippen molar-refractivity contribution in [3.63, 3.8) is 0 Å². The number of aliphatic hydroxyl groups is 2. The molecule has 10 rings (SSSR count). The molecule has 22 heteroatoms. The minimum Gasteiger partial charge on any atom is -0.507 e. The third-order valence-electron chi connectivity index (χ3n) is 16.5. The first-order valence-corrected chi connectivity index (χ1v) is 26.2. The molecule has 0 amide bonds. The Morgan fingerprint density at radius 2 is 1.59 bits per heavy atom. The number of anilines is 1. The van der Waals surface area contributed by atoms with Crippen LogP contribution in [0, 0.1) is 43.3 Å². The monoisotopic (exact) mass is 1090 g/mol. The molecule has 3 aromatic rings. The number of carboxylic acid groups (broad SMARTS) is 1. The minimum atomic E-state index is -2.20. The molecule has 1 saturated carbocycles. The summed E-state index contributed by atoms with van der Waals surface area (Å²) in [6.45, 7) is 11.7. The van der Waals surface area contributed by atoms with Gasteiger partial charge in [0.1, 0.15) is 23.2 Å². The zero-order valence-corrected chi connectivity index (χ0v) is 45.0. The number of methoxy groups -OCH3 is 1. The second-order valence-electron chi connectivity index (χ2n) is 21.9. The lowest BCUT2D eigenvalue weighted by Crippen LogP contribution is -2.60. The lowest BCUT2D eigenvalue weighted by Gasteiger charge is -2.37. The summed E-state index contributed by atoms with van der Waals surface area (Å²) in [4.78, 5) is 98.4. The molecule has 8 N–H and O–H groups in total. The van der Waals surface area contributed by atoms with Crippen LogP contribution in [0.5, 0.6) is 11.5 Å². The maximum atomic E-state index is 16.2. The van der Waals surface area contributed by atoms with Crippen molar-refractivity contribution in [1.29, 1.82) is 0 Å². The van der Waals surface area contributed by atoms with E-state index in [1.54, 1.807) is 25.8 Å². The Balaban J connectivity index is 1.06. The molecule has 2 aliphatic carbocycles. The van der Waals surface area contributed by atoms with Crippen LogP contribution in [0.1, 0.15) is 118 Å². The van der Waals surface area contributed by atoms with Crippen molar-refractivity contribution >= 4 is 52.5 Å². The average Bonchev–Trinajstić information content (AvgIpc) is 4.26. The summed E-state index contributed by atoms with van der Waals surface area (Å²) < 4.78 is 40.7. The van der Waals surface area contributed by atoms with Crippen LogP contribution >= 0.6 is 0 Å². The highest BCUT2D eigenvalue weighted by atomic mass is 19.1. The van der Waals surface area contributed by atoms with E-state index < -0.39 is 129 Å². The molecule has 21 nitrogen and oxygen atoms in total. The Labute approximate surface area is 453 Å². The number of aliphatic hydroxyl groups excluding tert-OH is 2. The average molecular weight is 1090 g/mol. The van der Waals surface area contributed by atoms with Crippen LogP contribution in [0.3, 0.4) is 0 Å². The van der Waals surface area contributed by atoms with E-state index in [-0.39, 0.29) is 51.3 Å². The molecule has 2 aromatic heterocycles. The van der Waals surface area contributed by atoms with Gasteiger partial charge in [-0.1, -0.05) is 32.1 Å². The van der Waals surface area contributed by atoms with Crippen LogP contribution in [-0.2, 0) is 23.8 Å². The summed E-state index contributed by atoms with van der Waals surface area (Å²) in [5.41, 5.74) is 11.7. The van der Waals surface area contributed by atoms with Gasteiger partial charge >= 0.3 is 17.7 Å². The number of carbonyl (C=O) groups excluding carboxylic acids is 5. The summed E-state index contributed by atoms with van der Waals surface area (Å²) in [6, 6.07) is -1.32. The van der Waals surface area contributed by atoms with E-state index in [4.69, 9.17) is 30.4 Å². The quantitative estimate of drug-likeness (QED) is 0.144. The lowest BCUT2D eigenvalue weighted by atomic mass is 9.77. The molecule has 5 bridgehead atoms. The van der Waals surface area contributed by atoms with Gasteiger partial charge in [-0.25, -0.2) is 9.18 Å². The number of halogens is 1. The highest BCUT2D eigenvalue weighted by molar-refractivity contribution is 6.38. The predicted octanol–water partition coefficient (Wildman–Crippen LogP) is 3.96. The lowest BCUT2D eigenvalue weighted by molar-refractivity contribution is -0.155. The van der Waals surface area contributed by atoms with E-state index in [0.717, 1.165) is 36.6 Å². The third kappa shape index (κ3) is 9.97. The maximum Gasteiger partial charge on any atom is 0.341 e. The molecule has 420 valence electrons. The second-order valence-corrected chi connectivity index (χ2v) is 21.9. The van der Waals surface area contributed by atoms with Gasteiger partial charge < -0.3 is 55.7 Å². The minimum absolute atomic E-state index is 0.0449. The number of nitrogens with two attached hydrogens (primary N) is 2. The van der Waals surface area contributed by atoms with Crippen molar-refractivity contribution in [1.82, 2.24) is 9.41 Å². The largest absolute Gasteiger partial charge is 0.507 e. The number of phenols is 1. The number of aryl methyl sites for hydroxylation is 1. The molecule has 5 aliphatic heterocycles. The van der Waals surface area contributed by atoms with E-state index in [0.29, 0.717) is 48.5 Å². The molecular formula is C57H65FN6O15. The first kappa shape index (κ1) is 56.4. The van der Waals surface area contributed by atoms with Crippen LogP contribution in [0.25, 0.3) is 5.52 Å². The third-order valence-corrected chi connectivity index (χ3v) is 16.5. The molecule has 79 heavy (non-hydrogen) atoms. The number of ether oxygens (including phenoxy) is 4. The normalized spacial score (nSPS) is 30.7. The van der Waals surface area contributed by atoms with E-state index in [9.17, 15) is 49.2 Å². The number of carboxylic acids is 1. The van der Waals surface area contributed by atoms with E-state index in [1.165, 1.54) is 64.5 Å². The number of aromatic nitrogens is 1. The van der Waals surface area contributed by atoms with Crippen molar-refractivity contribution in [3.05, 3.63) is 115 Å². The number of aromatic carboxylic acids is 1. The first-order chi connectivity index (χ1) is 37.3. The Morgan fingerprint density at radius 1 is 0.924 bits per heavy atom. The summed E-state index contributed by atoms with van der Waals surface area (Å²) in [6.07, 6.45) is 4.84. The molecule has 0 spiro atoms. The Hall–Kier alpha value is -7.37. The first-order valence-electron chi connectivity index (χ1n) is 26.2. The van der Waals surface area contributed by atoms with Gasteiger partial charge in [0.2, 0.25) is 0 Å². The smallest absolute Gasteiger partial charge is 0.341 e. The van der Waals surface area contributed by atoms with Crippen molar-refractivity contribution in [2.45, 2.75) is 116 Å². The van der Waals surface area contributed by atoms with Gasteiger partial charge in [-0.05, 0) is 68.4 Å². The van der Waals surface area contributed by atoms with Crippen LogP contribution in [0.4, 0.5) is 10.1 Å². The Bertz CT molecular complexity index is 3330. The number of fused-ring (bicyclic) bond motifs is 16. The number of nitrogens with zero attached hydrogens (tertiary/aromatic N) is 4. The van der Waals surface area contributed by atoms with Crippen molar-refractivity contribution in [2.75, 3.05) is 38.2 Å².